The second-order valence-electron chi connectivity index (χ2n) is 8.11. The van der Waals surface area contributed by atoms with Crippen molar-refractivity contribution in [3.63, 3.8) is 0 Å². The summed E-state index contributed by atoms with van der Waals surface area (Å²) in [4.78, 5) is 29.4. The molecule has 0 unspecified atom stereocenters. The van der Waals surface area contributed by atoms with Crippen molar-refractivity contribution in [2.75, 3.05) is 20.8 Å². The Balaban J connectivity index is 2.08. The number of ether oxygens (including phenoxy) is 3. The largest absolute Gasteiger partial charge is 0.493 e. The van der Waals surface area contributed by atoms with Gasteiger partial charge in [0.25, 0.3) is 5.56 Å². The Bertz CT molecular complexity index is 1300. The van der Waals surface area contributed by atoms with Gasteiger partial charge in [-0.15, -0.1) is 0 Å². The van der Waals surface area contributed by atoms with Gasteiger partial charge in [0, 0.05) is 9.89 Å². The highest BCUT2D eigenvalue weighted by Gasteiger charge is 2.23. The van der Waals surface area contributed by atoms with Gasteiger partial charge in [-0.3, -0.25) is 4.79 Å². The highest BCUT2D eigenvalue weighted by Crippen LogP contribution is 2.33. The van der Waals surface area contributed by atoms with E-state index >= 15 is 0 Å². The molecule has 0 spiro atoms. The zero-order valence-corrected chi connectivity index (χ0v) is 22.6. The van der Waals surface area contributed by atoms with Crippen LogP contribution in [-0.4, -0.2) is 42.7 Å². The van der Waals surface area contributed by atoms with Crippen molar-refractivity contribution in [2.24, 2.45) is 5.10 Å². The van der Waals surface area contributed by atoms with E-state index in [1.807, 2.05) is 39.0 Å². The van der Waals surface area contributed by atoms with Crippen molar-refractivity contribution in [1.29, 1.82) is 0 Å². The van der Waals surface area contributed by atoms with Crippen molar-refractivity contribution in [2.45, 2.75) is 26.2 Å². The zero-order valence-electron chi connectivity index (χ0n) is 18.8. The van der Waals surface area contributed by atoms with Gasteiger partial charge in [-0.2, -0.15) is 9.78 Å². The molecule has 0 fully saturated rings. The number of rotatable bonds is 6. The van der Waals surface area contributed by atoms with Crippen molar-refractivity contribution in [1.82, 2.24) is 9.66 Å². The van der Waals surface area contributed by atoms with Crippen LogP contribution in [0.3, 0.4) is 0 Å². The van der Waals surface area contributed by atoms with Crippen LogP contribution in [0.1, 0.15) is 32.2 Å². The average Bonchev–Trinajstić information content (AvgIpc) is 2.76. The van der Waals surface area contributed by atoms with Crippen LogP contribution in [0.15, 0.2) is 44.7 Å². The average molecular weight is 628 g/mol. The highest BCUT2D eigenvalue weighted by molar-refractivity contribution is 14.1. The Morgan fingerprint density at radius 1 is 1.24 bits per heavy atom. The van der Waals surface area contributed by atoms with E-state index in [2.05, 4.69) is 48.4 Å². The fourth-order valence-corrected chi connectivity index (χ4v) is 4.15. The number of fused-ring (bicyclic) bond motifs is 1. The minimum absolute atomic E-state index is 0.237. The molecule has 0 N–H and O–H groups in total. The first-order valence-corrected chi connectivity index (χ1v) is 11.8. The number of halogens is 2. The summed E-state index contributed by atoms with van der Waals surface area (Å²) in [5.74, 6) is 0.892. The van der Waals surface area contributed by atoms with Gasteiger partial charge in [-0.25, -0.2) is 9.78 Å². The Hall–Kier alpha value is -2.47. The van der Waals surface area contributed by atoms with Gasteiger partial charge in [0.15, 0.2) is 18.1 Å². The molecule has 0 radical (unpaired) electrons. The van der Waals surface area contributed by atoms with E-state index in [1.165, 1.54) is 18.9 Å². The van der Waals surface area contributed by atoms with E-state index in [-0.39, 0.29) is 12.2 Å². The first-order chi connectivity index (χ1) is 15.5. The van der Waals surface area contributed by atoms with Crippen LogP contribution in [0.2, 0.25) is 0 Å². The zero-order chi connectivity index (χ0) is 24.3. The van der Waals surface area contributed by atoms with E-state index in [4.69, 9.17) is 14.5 Å². The van der Waals surface area contributed by atoms with Gasteiger partial charge in [-0.05, 0) is 58.5 Å². The molecule has 0 saturated heterocycles. The summed E-state index contributed by atoms with van der Waals surface area (Å²) >= 11 is 5.50. The lowest BCUT2D eigenvalue weighted by Gasteiger charge is -2.21. The molecule has 0 aliphatic rings. The van der Waals surface area contributed by atoms with Crippen molar-refractivity contribution >= 4 is 61.6 Å². The minimum Gasteiger partial charge on any atom is -0.493 e. The molecular formula is C23H23BrIN3O5. The third-order valence-corrected chi connectivity index (χ3v) is 5.91. The molecule has 10 heteroatoms. The number of hydrogen-bond acceptors (Lipinski definition) is 7. The summed E-state index contributed by atoms with van der Waals surface area (Å²) in [6.07, 6.45) is 1.57. The van der Waals surface area contributed by atoms with Crippen molar-refractivity contribution in [3.05, 3.63) is 60.1 Å². The summed E-state index contributed by atoms with van der Waals surface area (Å²) in [5, 5.41) is 4.95. The normalized spacial score (nSPS) is 11.7. The molecule has 0 aliphatic heterocycles. The fraction of sp³-hybridized carbons (Fsp3) is 0.304. The molecule has 0 bridgehead atoms. The maximum Gasteiger partial charge on any atom is 0.343 e. The Morgan fingerprint density at radius 3 is 2.61 bits per heavy atom. The van der Waals surface area contributed by atoms with Gasteiger partial charge in [-0.1, -0.05) is 36.7 Å². The van der Waals surface area contributed by atoms with Gasteiger partial charge < -0.3 is 14.2 Å². The summed E-state index contributed by atoms with van der Waals surface area (Å²) in [5.41, 5.74) is 0.614. The molecule has 1 aromatic heterocycles. The van der Waals surface area contributed by atoms with E-state index in [0.717, 1.165) is 4.47 Å². The van der Waals surface area contributed by atoms with Gasteiger partial charge in [0.1, 0.15) is 5.82 Å². The van der Waals surface area contributed by atoms with Crippen LogP contribution in [0, 0.1) is 3.57 Å². The lowest BCUT2D eigenvalue weighted by Crippen LogP contribution is -2.29. The summed E-state index contributed by atoms with van der Waals surface area (Å²) < 4.78 is 18.4. The predicted molar refractivity (Wildman–Crippen MR) is 139 cm³/mol. The molecule has 0 aliphatic carbocycles. The lowest BCUT2D eigenvalue weighted by atomic mass is 9.95. The van der Waals surface area contributed by atoms with Crippen LogP contribution in [0.5, 0.6) is 11.5 Å². The number of benzene rings is 2. The molecule has 2 aromatic carbocycles. The monoisotopic (exact) mass is 627 g/mol. The summed E-state index contributed by atoms with van der Waals surface area (Å²) in [6, 6.07) is 8.93. The van der Waals surface area contributed by atoms with Crippen LogP contribution in [0.4, 0.5) is 0 Å². The van der Waals surface area contributed by atoms with Crippen LogP contribution in [-0.2, 0) is 14.9 Å². The highest BCUT2D eigenvalue weighted by atomic mass is 127. The number of esters is 1. The smallest absolute Gasteiger partial charge is 0.343 e. The standard InChI is InChI=1S/C23H23BrIN3O5/c1-23(2,3)22-27-17-7-6-14(24)10-15(17)21(30)28(22)26-11-13-8-16(25)20(18(9-13)31-4)33-12-19(29)32-5/h6-11H,12H2,1-5H3. The van der Waals surface area contributed by atoms with E-state index < -0.39 is 11.4 Å². The predicted octanol–water partition coefficient (Wildman–Crippen LogP) is 4.50. The quantitative estimate of drug-likeness (QED) is 0.227. The van der Waals surface area contributed by atoms with Gasteiger partial charge in [0.05, 0.1) is 34.9 Å². The number of carbonyl (C=O) groups excluding carboxylic acids is 1. The lowest BCUT2D eigenvalue weighted by molar-refractivity contribution is -0.142. The van der Waals surface area contributed by atoms with Crippen molar-refractivity contribution in [3.8, 4) is 11.5 Å². The number of aromatic nitrogens is 2. The Morgan fingerprint density at radius 2 is 1.97 bits per heavy atom. The molecule has 33 heavy (non-hydrogen) atoms. The topological polar surface area (TPSA) is 92.0 Å². The van der Waals surface area contributed by atoms with E-state index in [0.29, 0.717) is 37.4 Å². The molecule has 3 rings (SSSR count). The number of carbonyl (C=O) groups is 1. The third-order valence-electron chi connectivity index (χ3n) is 4.62. The third kappa shape index (κ3) is 5.72. The molecule has 0 saturated carbocycles. The first-order valence-electron chi connectivity index (χ1n) is 9.89. The molecule has 174 valence electrons. The van der Waals surface area contributed by atoms with Crippen LogP contribution >= 0.6 is 38.5 Å². The molecule has 0 amide bonds. The molecular weight excluding hydrogens is 605 g/mol. The molecule has 8 nitrogen and oxygen atoms in total. The summed E-state index contributed by atoms with van der Waals surface area (Å²) in [6.45, 7) is 5.69. The van der Waals surface area contributed by atoms with Gasteiger partial charge >= 0.3 is 5.97 Å². The number of hydrogen-bond donors (Lipinski definition) is 0. The minimum atomic E-state index is -0.497. The number of nitrogens with zero attached hydrogens (tertiary/aromatic N) is 3. The molecule has 1 heterocycles. The maximum atomic E-state index is 13.3. The SMILES string of the molecule is COC(=O)COc1c(I)cc(C=Nn2c(C(C)(C)C)nc3ccc(Br)cc3c2=O)cc1OC. The van der Waals surface area contributed by atoms with E-state index in [9.17, 15) is 9.59 Å². The van der Waals surface area contributed by atoms with Gasteiger partial charge in [0.2, 0.25) is 0 Å². The number of methoxy groups -OCH3 is 2. The van der Waals surface area contributed by atoms with E-state index in [1.54, 1.807) is 18.3 Å². The summed E-state index contributed by atoms with van der Waals surface area (Å²) in [7, 11) is 2.80. The van der Waals surface area contributed by atoms with Crippen LogP contribution in [0.25, 0.3) is 10.9 Å². The first kappa shape index (κ1) is 25.2. The molecule has 0 atom stereocenters. The Kier molecular flexibility index (Phi) is 7.78. The Labute approximate surface area is 213 Å². The second-order valence-corrected chi connectivity index (χ2v) is 10.2. The van der Waals surface area contributed by atoms with Crippen LogP contribution < -0.4 is 15.0 Å². The second kappa shape index (κ2) is 10.2. The van der Waals surface area contributed by atoms with Crippen molar-refractivity contribution < 1.29 is 19.0 Å². The fourth-order valence-electron chi connectivity index (χ4n) is 3.01. The molecule has 3 aromatic rings. The maximum absolute atomic E-state index is 13.3.